The van der Waals surface area contributed by atoms with E-state index >= 15 is 0 Å². The normalized spacial score (nSPS) is 12.0. The van der Waals surface area contributed by atoms with E-state index in [1.54, 1.807) is 7.05 Å². The second-order valence-electron chi connectivity index (χ2n) is 4.64. The van der Waals surface area contributed by atoms with Gasteiger partial charge in [-0.05, 0) is 39.4 Å². The lowest BCUT2D eigenvalue weighted by atomic mass is 10.2. The Morgan fingerprint density at radius 2 is 2.00 bits per heavy atom. The standard InChI is InChI=1S/C15H24N2O2/c1-5-19-15(18)14(16-3)10-11-17(4)13-8-6-12(2)7-9-13/h6-9,14,16H,5,10-11H2,1-4H3. The zero-order valence-corrected chi connectivity index (χ0v) is 12.3. The fourth-order valence-electron chi connectivity index (χ4n) is 1.87. The van der Waals surface area contributed by atoms with E-state index in [0.717, 1.165) is 18.7 Å². The van der Waals surface area contributed by atoms with Crippen molar-refractivity contribution >= 4 is 11.7 Å². The predicted molar refractivity (Wildman–Crippen MR) is 78.5 cm³/mol. The smallest absolute Gasteiger partial charge is 0.323 e. The van der Waals surface area contributed by atoms with Crippen molar-refractivity contribution in [3.8, 4) is 0 Å². The maximum absolute atomic E-state index is 11.7. The van der Waals surface area contributed by atoms with Crippen LogP contribution in [0.3, 0.4) is 0 Å². The molecule has 1 aromatic rings. The second-order valence-corrected chi connectivity index (χ2v) is 4.64. The molecule has 1 atom stereocenters. The quantitative estimate of drug-likeness (QED) is 0.765. The van der Waals surface area contributed by atoms with Crippen LogP contribution in [-0.4, -0.2) is 39.3 Å². The van der Waals surface area contributed by atoms with Crippen molar-refractivity contribution in [2.45, 2.75) is 26.3 Å². The molecule has 4 nitrogen and oxygen atoms in total. The molecule has 0 aliphatic carbocycles. The summed E-state index contributed by atoms with van der Waals surface area (Å²) in [6.45, 7) is 5.11. The van der Waals surface area contributed by atoms with E-state index in [2.05, 4.69) is 41.4 Å². The molecule has 0 heterocycles. The summed E-state index contributed by atoms with van der Waals surface area (Å²) in [5.74, 6) is -0.178. The second kappa shape index (κ2) is 7.79. The highest BCUT2D eigenvalue weighted by Gasteiger charge is 2.17. The number of anilines is 1. The topological polar surface area (TPSA) is 41.6 Å². The molecule has 1 N–H and O–H groups in total. The first-order valence-electron chi connectivity index (χ1n) is 6.70. The van der Waals surface area contributed by atoms with Crippen LogP contribution >= 0.6 is 0 Å². The van der Waals surface area contributed by atoms with Gasteiger partial charge in [-0.1, -0.05) is 17.7 Å². The number of likely N-dealkylation sites (N-methyl/N-ethyl adjacent to an activating group) is 1. The highest BCUT2D eigenvalue weighted by atomic mass is 16.5. The van der Waals surface area contributed by atoms with Crippen LogP contribution in [-0.2, 0) is 9.53 Å². The van der Waals surface area contributed by atoms with Gasteiger partial charge in [0.05, 0.1) is 6.61 Å². The summed E-state index contributed by atoms with van der Waals surface area (Å²) in [5.41, 5.74) is 2.40. The molecule has 106 valence electrons. The Hall–Kier alpha value is -1.55. The molecule has 0 saturated heterocycles. The lowest BCUT2D eigenvalue weighted by Crippen LogP contribution is -2.38. The third kappa shape index (κ3) is 4.91. The summed E-state index contributed by atoms with van der Waals surface area (Å²) in [6, 6.07) is 8.12. The van der Waals surface area contributed by atoms with Crippen molar-refractivity contribution in [3.63, 3.8) is 0 Å². The van der Waals surface area contributed by atoms with Crippen molar-refractivity contribution < 1.29 is 9.53 Å². The van der Waals surface area contributed by atoms with Gasteiger partial charge in [0.1, 0.15) is 6.04 Å². The van der Waals surface area contributed by atoms with E-state index in [-0.39, 0.29) is 12.0 Å². The van der Waals surface area contributed by atoms with E-state index in [4.69, 9.17) is 4.74 Å². The summed E-state index contributed by atoms with van der Waals surface area (Å²) in [6.07, 6.45) is 0.722. The Kier molecular flexibility index (Phi) is 6.36. The summed E-state index contributed by atoms with van der Waals surface area (Å²) in [7, 11) is 3.82. The lowest BCUT2D eigenvalue weighted by molar-refractivity contribution is -0.145. The van der Waals surface area contributed by atoms with Crippen LogP contribution in [0.1, 0.15) is 18.9 Å². The SMILES string of the molecule is CCOC(=O)C(CCN(C)c1ccc(C)cc1)NC. The zero-order chi connectivity index (χ0) is 14.3. The predicted octanol–water partition coefficient (Wildman–Crippen LogP) is 1.97. The number of hydrogen-bond donors (Lipinski definition) is 1. The first-order valence-corrected chi connectivity index (χ1v) is 6.70. The van der Waals surface area contributed by atoms with Gasteiger partial charge in [0.2, 0.25) is 0 Å². The Labute approximate surface area is 115 Å². The Morgan fingerprint density at radius 1 is 1.37 bits per heavy atom. The lowest BCUT2D eigenvalue weighted by Gasteiger charge is -2.22. The molecular weight excluding hydrogens is 240 g/mol. The molecule has 0 fully saturated rings. The Morgan fingerprint density at radius 3 is 2.53 bits per heavy atom. The van der Waals surface area contributed by atoms with Crippen LogP contribution in [0, 0.1) is 6.92 Å². The number of carbonyl (C=O) groups excluding carboxylic acids is 1. The monoisotopic (exact) mass is 264 g/mol. The number of aryl methyl sites for hydroxylation is 1. The van der Waals surface area contributed by atoms with Crippen molar-refractivity contribution in [2.24, 2.45) is 0 Å². The number of carbonyl (C=O) groups is 1. The number of esters is 1. The van der Waals surface area contributed by atoms with Gasteiger partial charge in [-0.15, -0.1) is 0 Å². The third-order valence-corrected chi connectivity index (χ3v) is 3.15. The highest BCUT2D eigenvalue weighted by Crippen LogP contribution is 2.14. The molecule has 0 aliphatic rings. The summed E-state index contributed by atoms with van der Waals surface area (Å²) >= 11 is 0. The van der Waals surface area contributed by atoms with Crippen LogP contribution in [0.5, 0.6) is 0 Å². The molecule has 19 heavy (non-hydrogen) atoms. The number of nitrogens with one attached hydrogen (secondary N) is 1. The van der Waals surface area contributed by atoms with Gasteiger partial charge >= 0.3 is 5.97 Å². The maximum Gasteiger partial charge on any atom is 0.323 e. The minimum absolute atomic E-state index is 0.178. The fraction of sp³-hybridized carbons (Fsp3) is 0.533. The molecule has 0 aromatic heterocycles. The van der Waals surface area contributed by atoms with Crippen LogP contribution < -0.4 is 10.2 Å². The molecule has 0 aliphatic heterocycles. The van der Waals surface area contributed by atoms with Gasteiger partial charge in [0.15, 0.2) is 0 Å². The van der Waals surface area contributed by atoms with Gasteiger partial charge in [-0.2, -0.15) is 0 Å². The fourth-order valence-corrected chi connectivity index (χ4v) is 1.87. The molecule has 0 amide bonds. The molecule has 1 rings (SSSR count). The molecule has 4 heteroatoms. The average molecular weight is 264 g/mol. The average Bonchev–Trinajstić information content (AvgIpc) is 2.40. The first-order chi connectivity index (χ1) is 9.08. The summed E-state index contributed by atoms with van der Waals surface area (Å²) < 4.78 is 5.03. The highest BCUT2D eigenvalue weighted by molar-refractivity contribution is 5.75. The van der Waals surface area contributed by atoms with E-state index in [0.29, 0.717) is 6.61 Å². The number of nitrogens with zero attached hydrogens (tertiary/aromatic N) is 1. The van der Waals surface area contributed by atoms with Crippen LogP contribution in [0.25, 0.3) is 0 Å². The third-order valence-electron chi connectivity index (χ3n) is 3.15. The van der Waals surface area contributed by atoms with Crippen LogP contribution in [0.2, 0.25) is 0 Å². The van der Waals surface area contributed by atoms with Crippen molar-refractivity contribution in [1.82, 2.24) is 5.32 Å². The summed E-state index contributed by atoms with van der Waals surface area (Å²) in [4.78, 5) is 13.8. The Bertz CT molecular complexity index is 390. The molecule has 1 aromatic carbocycles. The molecular formula is C15H24N2O2. The van der Waals surface area contributed by atoms with E-state index in [9.17, 15) is 4.79 Å². The van der Waals surface area contributed by atoms with E-state index < -0.39 is 0 Å². The molecule has 1 unspecified atom stereocenters. The zero-order valence-electron chi connectivity index (χ0n) is 12.3. The maximum atomic E-state index is 11.7. The first kappa shape index (κ1) is 15.5. The number of ether oxygens (including phenoxy) is 1. The van der Waals surface area contributed by atoms with Gasteiger partial charge < -0.3 is 15.0 Å². The molecule has 0 bridgehead atoms. The van der Waals surface area contributed by atoms with Gasteiger partial charge in [0.25, 0.3) is 0 Å². The number of rotatable bonds is 7. The van der Waals surface area contributed by atoms with Crippen molar-refractivity contribution in [1.29, 1.82) is 0 Å². The minimum Gasteiger partial charge on any atom is -0.465 e. The van der Waals surface area contributed by atoms with Gasteiger partial charge in [0, 0.05) is 19.3 Å². The number of hydrogen-bond acceptors (Lipinski definition) is 4. The van der Waals surface area contributed by atoms with E-state index in [1.807, 2.05) is 14.0 Å². The van der Waals surface area contributed by atoms with Gasteiger partial charge in [-0.25, -0.2) is 0 Å². The number of benzene rings is 1. The molecule has 0 radical (unpaired) electrons. The summed E-state index contributed by atoms with van der Waals surface area (Å²) in [5, 5.41) is 3.00. The van der Waals surface area contributed by atoms with Crippen LogP contribution in [0.4, 0.5) is 5.69 Å². The largest absolute Gasteiger partial charge is 0.465 e. The molecule has 0 saturated carbocycles. The van der Waals surface area contributed by atoms with Crippen molar-refractivity contribution in [3.05, 3.63) is 29.8 Å². The van der Waals surface area contributed by atoms with Gasteiger partial charge in [-0.3, -0.25) is 4.79 Å². The van der Waals surface area contributed by atoms with Crippen LogP contribution in [0.15, 0.2) is 24.3 Å². The Balaban J connectivity index is 2.50. The van der Waals surface area contributed by atoms with E-state index in [1.165, 1.54) is 5.56 Å². The van der Waals surface area contributed by atoms with Crippen molar-refractivity contribution in [2.75, 3.05) is 32.1 Å². The molecule has 0 spiro atoms. The minimum atomic E-state index is -0.243.